The van der Waals surface area contributed by atoms with Crippen LogP contribution >= 0.6 is 15.9 Å². The molecular weight excluding hydrogens is 246 g/mol. The summed E-state index contributed by atoms with van der Waals surface area (Å²) in [7, 11) is 0. The Balaban J connectivity index is 1.94. The number of nitrogens with one attached hydrogen (secondary N) is 1. The highest BCUT2D eigenvalue weighted by Gasteiger charge is 2.19. The van der Waals surface area contributed by atoms with Crippen LogP contribution in [0.25, 0.3) is 0 Å². The molecule has 0 atom stereocenters. The first-order valence-corrected chi connectivity index (χ1v) is 5.50. The summed E-state index contributed by atoms with van der Waals surface area (Å²) < 4.78 is 2.13. The SMILES string of the molecule is O=c1c(Br)cncn1CCNC1CC1. The molecule has 0 saturated heterocycles. The van der Waals surface area contributed by atoms with Gasteiger partial charge in [-0.1, -0.05) is 0 Å². The minimum absolute atomic E-state index is 0.0161. The molecule has 5 heteroatoms. The highest BCUT2D eigenvalue weighted by Crippen LogP contribution is 2.17. The third-order valence-electron chi connectivity index (χ3n) is 2.22. The van der Waals surface area contributed by atoms with Crippen LogP contribution in [0.15, 0.2) is 21.8 Å². The minimum Gasteiger partial charge on any atom is -0.312 e. The van der Waals surface area contributed by atoms with Crippen LogP contribution < -0.4 is 10.9 Å². The van der Waals surface area contributed by atoms with Crippen LogP contribution in [0.2, 0.25) is 0 Å². The average molecular weight is 258 g/mol. The fourth-order valence-corrected chi connectivity index (χ4v) is 1.61. The summed E-state index contributed by atoms with van der Waals surface area (Å²) >= 11 is 3.16. The van der Waals surface area contributed by atoms with Gasteiger partial charge in [-0.05, 0) is 28.8 Å². The van der Waals surface area contributed by atoms with Crippen molar-refractivity contribution >= 4 is 15.9 Å². The first-order valence-electron chi connectivity index (χ1n) is 4.70. The number of hydrogen-bond acceptors (Lipinski definition) is 3. The molecule has 1 aliphatic rings. The fraction of sp³-hybridized carbons (Fsp3) is 0.556. The van der Waals surface area contributed by atoms with E-state index in [9.17, 15) is 4.79 Å². The van der Waals surface area contributed by atoms with Gasteiger partial charge in [-0.3, -0.25) is 9.36 Å². The molecule has 1 saturated carbocycles. The summed E-state index contributed by atoms with van der Waals surface area (Å²) in [5, 5.41) is 3.35. The standard InChI is InChI=1S/C9H12BrN3O/c10-8-5-11-6-13(9(8)14)4-3-12-7-1-2-7/h5-7,12H,1-4H2. The second-order valence-corrected chi connectivity index (χ2v) is 4.32. The topological polar surface area (TPSA) is 46.9 Å². The lowest BCUT2D eigenvalue weighted by atomic mass is 10.5. The predicted octanol–water partition coefficient (Wildman–Crippen LogP) is 0.758. The maximum absolute atomic E-state index is 11.5. The van der Waals surface area contributed by atoms with Gasteiger partial charge in [0.25, 0.3) is 5.56 Å². The average Bonchev–Trinajstić information content (AvgIpc) is 2.96. The van der Waals surface area contributed by atoms with Gasteiger partial charge in [-0.15, -0.1) is 0 Å². The summed E-state index contributed by atoms with van der Waals surface area (Å²) in [6.07, 6.45) is 5.63. The summed E-state index contributed by atoms with van der Waals surface area (Å²) in [4.78, 5) is 15.5. The molecule has 0 bridgehead atoms. The lowest BCUT2D eigenvalue weighted by Crippen LogP contribution is -2.28. The van der Waals surface area contributed by atoms with Gasteiger partial charge in [-0.2, -0.15) is 0 Å². The van der Waals surface area contributed by atoms with Gasteiger partial charge >= 0.3 is 0 Å². The highest BCUT2D eigenvalue weighted by molar-refractivity contribution is 9.10. The van der Waals surface area contributed by atoms with Gasteiger partial charge in [0.2, 0.25) is 0 Å². The lowest BCUT2D eigenvalue weighted by Gasteiger charge is -2.05. The van der Waals surface area contributed by atoms with E-state index in [0.717, 1.165) is 6.54 Å². The predicted molar refractivity (Wildman–Crippen MR) is 57.2 cm³/mol. The fourth-order valence-electron chi connectivity index (χ4n) is 1.26. The van der Waals surface area contributed by atoms with Gasteiger partial charge < -0.3 is 5.32 Å². The van der Waals surface area contributed by atoms with E-state index in [1.165, 1.54) is 19.0 Å². The van der Waals surface area contributed by atoms with E-state index in [1.54, 1.807) is 10.9 Å². The molecule has 0 radical (unpaired) electrons. The van der Waals surface area contributed by atoms with E-state index in [4.69, 9.17) is 0 Å². The Morgan fingerprint density at radius 3 is 3.14 bits per heavy atom. The highest BCUT2D eigenvalue weighted by atomic mass is 79.9. The van der Waals surface area contributed by atoms with Crippen molar-refractivity contribution in [1.29, 1.82) is 0 Å². The molecule has 1 fully saturated rings. The second kappa shape index (κ2) is 4.23. The number of hydrogen-bond donors (Lipinski definition) is 1. The van der Waals surface area contributed by atoms with Crippen LogP contribution in [-0.4, -0.2) is 22.1 Å². The smallest absolute Gasteiger partial charge is 0.267 e. The molecule has 1 aromatic rings. The monoisotopic (exact) mass is 257 g/mol. The molecule has 76 valence electrons. The van der Waals surface area contributed by atoms with Gasteiger partial charge in [0, 0.05) is 25.3 Å². The Bertz CT molecular complexity index is 373. The van der Waals surface area contributed by atoms with Crippen molar-refractivity contribution in [2.75, 3.05) is 6.54 Å². The number of halogens is 1. The van der Waals surface area contributed by atoms with Crippen molar-refractivity contribution in [3.8, 4) is 0 Å². The molecule has 1 aliphatic carbocycles. The van der Waals surface area contributed by atoms with E-state index in [-0.39, 0.29) is 5.56 Å². The first-order chi connectivity index (χ1) is 6.77. The van der Waals surface area contributed by atoms with Crippen LogP contribution in [0.1, 0.15) is 12.8 Å². The Morgan fingerprint density at radius 1 is 1.64 bits per heavy atom. The third kappa shape index (κ3) is 2.42. The summed E-state index contributed by atoms with van der Waals surface area (Å²) in [6.45, 7) is 1.52. The molecule has 2 rings (SSSR count). The molecule has 1 N–H and O–H groups in total. The quantitative estimate of drug-likeness (QED) is 0.867. The summed E-state index contributed by atoms with van der Waals surface area (Å²) in [6, 6.07) is 0.686. The van der Waals surface area contributed by atoms with E-state index in [2.05, 4.69) is 26.2 Å². The van der Waals surface area contributed by atoms with Crippen molar-refractivity contribution in [1.82, 2.24) is 14.9 Å². The first kappa shape index (κ1) is 9.86. The molecular formula is C9H12BrN3O. The van der Waals surface area contributed by atoms with E-state index in [1.807, 2.05) is 0 Å². The van der Waals surface area contributed by atoms with Crippen LogP contribution in [0, 0.1) is 0 Å². The number of rotatable bonds is 4. The van der Waals surface area contributed by atoms with Crippen LogP contribution in [0.4, 0.5) is 0 Å². The molecule has 14 heavy (non-hydrogen) atoms. The van der Waals surface area contributed by atoms with E-state index < -0.39 is 0 Å². The maximum atomic E-state index is 11.5. The van der Waals surface area contributed by atoms with Crippen LogP contribution in [-0.2, 0) is 6.54 Å². The molecule has 1 aromatic heterocycles. The number of aromatic nitrogens is 2. The minimum atomic E-state index is -0.0161. The van der Waals surface area contributed by atoms with Gasteiger partial charge in [0.15, 0.2) is 0 Å². The Hall–Kier alpha value is -0.680. The zero-order valence-corrected chi connectivity index (χ0v) is 9.33. The van der Waals surface area contributed by atoms with Gasteiger partial charge in [-0.25, -0.2) is 4.98 Å². The molecule has 0 aliphatic heterocycles. The molecule has 4 nitrogen and oxygen atoms in total. The normalized spacial score (nSPS) is 15.8. The molecule has 0 aromatic carbocycles. The summed E-state index contributed by atoms with van der Waals surface area (Å²) in [5.74, 6) is 0. The van der Waals surface area contributed by atoms with Crippen molar-refractivity contribution in [2.24, 2.45) is 0 Å². The van der Waals surface area contributed by atoms with Crippen molar-refractivity contribution in [3.05, 3.63) is 27.4 Å². The van der Waals surface area contributed by atoms with Gasteiger partial charge in [0.1, 0.15) is 4.47 Å². The van der Waals surface area contributed by atoms with Crippen molar-refractivity contribution in [3.63, 3.8) is 0 Å². The van der Waals surface area contributed by atoms with E-state index in [0.29, 0.717) is 17.1 Å². The zero-order valence-electron chi connectivity index (χ0n) is 7.74. The maximum Gasteiger partial charge on any atom is 0.267 e. The molecule has 0 spiro atoms. The van der Waals surface area contributed by atoms with Gasteiger partial charge in [0.05, 0.1) is 6.33 Å². The van der Waals surface area contributed by atoms with Crippen LogP contribution in [0.5, 0.6) is 0 Å². The zero-order chi connectivity index (χ0) is 9.97. The molecule has 1 heterocycles. The van der Waals surface area contributed by atoms with Crippen molar-refractivity contribution in [2.45, 2.75) is 25.4 Å². The molecule has 0 amide bonds. The van der Waals surface area contributed by atoms with Crippen LogP contribution in [0.3, 0.4) is 0 Å². The Kier molecular flexibility index (Phi) is 2.98. The third-order valence-corrected chi connectivity index (χ3v) is 2.77. The second-order valence-electron chi connectivity index (χ2n) is 3.47. The Morgan fingerprint density at radius 2 is 2.43 bits per heavy atom. The largest absolute Gasteiger partial charge is 0.312 e. The Labute approximate surface area is 90.5 Å². The summed E-state index contributed by atoms with van der Waals surface area (Å²) in [5.41, 5.74) is -0.0161. The number of nitrogens with zero attached hydrogens (tertiary/aromatic N) is 2. The van der Waals surface area contributed by atoms with Crippen molar-refractivity contribution < 1.29 is 0 Å². The molecule has 0 unspecified atom stereocenters. The lowest BCUT2D eigenvalue weighted by molar-refractivity contribution is 0.574. The van der Waals surface area contributed by atoms with E-state index >= 15 is 0 Å².